The van der Waals surface area contributed by atoms with Crippen LogP contribution in [0.5, 0.6) is 0 Å². The number of nitro benzene ring substituents is 1. The molecule has 0 fully saturated rings. The number of anilines is 2. The molecule has 0 saturated carbocycles. The van der Waals surface area contributed by atoms with Gasteiger partial charge in [-0.1, -0.05) is 35.4 Å². The van der Waals surface area contributed by atoms with Gasteiger partial charge < -0.3 is 5.32 Å². The standard InChI is InChI=1S/C21H18ClN3O5S/c1-13-6-9-16(10-7-13)31(29,30)24-19-11-8-15(12-17(19)22)21(26)23-18-4-3-5-20(14(18)2)25(27)28/h3-12,24H,1-2H3,(H,23,26). The van der Waals surface area contributed by atoms with Gasteiger partial charge in [-0.15, -0.1) is 0 Å². The van der Waals surface area contributed by atoms with Crippen LogP contribution in [-0.2, 0) is 10.0 Å². The van der Waals surface area contributed by atoms with Gasteiger partial charge in [0.25, 0.3) is 21.6 Å². The summed E-state index contributed by atoms with van der Waals surface area (Å²) >= 11 is 6.20. The monoisotopic (exact) mass is 459 g/mol. The summed E-state index contributed by atoms with van der Waals surface area (Å²) in [5.74, 6) is -0.543. The molecule has 10 heteroatoms. The van der Waals surface area contributed by atoms with Gasteiger partial charge in [-0.3, -0.25) is 19.6 Å². The molecule has 8 nitrogen and oxygen atoms in total. The number of halogens is 1. The van der Waals surface area contributed by atoms with E-state index in [0.29, 0.717) is 11.3 Å². The van der Waals surface area contributed by atoms with E-state index in [2.05, 4.69) is 10.0 Å². The molecule has 0 atom stereocenters. The molecule has 0 aliphatic heterocycles. The predicted molar refractivity (Wildman–Crippen MR) is 119 cm³/mol. The summed E-state index contributed by atoms with van der Waals surface area (Å²) in [6.07, 6.45) is 0. The van der Waals surface area contributed by atoms with Crippen molar-refractivity contribution in [3.05, 3.63) is 92.5 Å². The van der Waals surface area contributed by atoms with Gasteiger partial charge in [0.1, 0.15) is 0 Å². The first-order chi connectivity index (χ1) is 14.6. The molecule has 1 amide bonds. The van der Waals surface area contributed by atoms with E-state index >= 15 is 0 Å². The van der Waals surface area contributed by atoms with E-state index in [4.69, 9.17) is 11.6 Å². The van der Waals surface area contributed by atoms with Gasteiger partial charge in [0.05, 0.1) is 31.8 Å². The topological polar surface area (TPSA) is 118 Å². The van der Waals surface area contributed by atoms with Crippen LogP contribution in [-0.4, -0.2) is 19.2 Å². The third-order valence-corrected chi connectivity index (χ3v) is 6.25. The van der Waals surface area contributed by atoms with Gasteiger partial charge in [0.2, 0.25) is 0 Å². The van der Waals surface area contributed by atoms with Crippen molar-refractivity contribution in [3.63, 3.8) is 0 Å². The molecule has 0 spiro atoms. The summed E-state index contributed by atoms with van der Waals surface area (Å²) in [5, 5.41) is 13.7. The van der Waals surface area contributed by atoms with E-state index in [1.807, 2.05) is 6.92 Å². The van der Waals surface area contributed by atoms with Crippen LogP contribution in [0.15, 0.2) is 65.6 Å². The van der Waals surface area contributed by atoms with Crippen molar-refractivity contribution >= 4 is 44.6 Å². The summed E-state index contributed by atoms with van der Waals surface area (Å²) in [7, 11) is -3.85. The Hall–Kier alpha value is -3.43. The van der Waals surface area contributed by atoms with Gasteiger partial charge in [0, 0.05) is 11.6 Å². The van der Waals surface area contributed by atoms with E-state index in [9.17, 15) is 23.3 Å². The number of nitrogens with one attached hydrogen (secondary N) is 2. The van der Waals surface area contributed by atoms with Crippen molar-refractivity contribution in [2.75, 3.05) is 10.0 Å². The number of nitro groups is 1. The smallest absolute Gasteiger partial charge is 0.274 e. The van der Waals surface area contributed by atoms with Crippen LogP contribution in [0.3, 0.4) is 0 Å². The molecule has 3 rings (SSSR count). The zero-order valence-corrected chi connectivity index (χ0v) is 18.1. The van der Waals surface area contributed by atoms with Gasteiger partial charge in [-0.2, -0.15) is 0 Å². The van der Waals surface area contributed by atoms with Crippen molar-refractivity contribution in [1.29, 1.82) is 0 Å². The van der Waals surface area contributed by atoms with Crippen LogP contribution in [0.25, 0.3) is 0 Å². The second-order valence-electron chi connectivity index (χ2n) is 6.77. The third-order valence-electron chi connectivity index (χ3n) is 4.56. The Labute approximate surface area is 184 Å². The first-order valence-corrected chi connectivity index (χ1v) is 10.9. The van der Waals surface area contributed by atoms with Gasteiger partial charge >= 0.3 is 0 Å². The number of rotatable bonds is 6. The highest BCUT2D eigenvalue weighted by Gasteiger charge is 2.18. The minimum atomic E-state index is -3.85. The number of hydrogen-bond donors (Lipinski definition) is 2. The molecule has 0 unspecified atom stereocenters. The van der Waals surface area contributed by atoms with E-state index in [1.165, 1.54) is 49.4 Å². The highest BCUT2D eigenvalue weighted by molar-refractivity contribution is 7.92. The summed E-state index contributed by atoms with van der Waals surface area (Å²) in [4.78, 5) is 23.2. The lowest BCUT2D eigenvalue weighted by Gasteiger charge is -2.12. The molecule has 3 aromatic rings. The Bertz CT molecular complexity index is 1270. The molecule has 31 heavy (non-hydrogen) atoms. The third kappa shape index (κ3) is 5.01. The number of benzene rings is 3. The minimum Gasteiger partial charge on any atom is -0.321 e. The molecule has 2 N–H and O–H groups in total. The lowest BCUT2D eigenvalue weighted by Crippen LogP contribution is -2.15. The van der Waals surface area contributed by atoms with Crippen LogP contribution >= 0.6 is 11.6 Å². The van der Waals surface area contributed by atoms with Crippen molar-refractivity contribution in [1.82, 2.24) is 0 Å². The second kappa shape index (κ2) is 8.75. The van der Waals surface area contributed by atoms with Crippen molar-refractivity contribution in [3.8, 4) is 0 Å². The quantitative estimate of drug-likeness (QED) is 0.400. The molecule has 0 heterocycles. The van der Waals surface area contributed by atoms with Gasteiger partial charge in [0.15, 0.2) is 0 Å². The Morgan fingerprint density at radius 2 is 1.68 bits per heavy atom. The van der Waals surface area contributed by atoms with Crippen LogP contribution < -0.4 is 10.0 Å². The van der Waals surface area contributed by atoms with Gasteiger partial charge in [-0.25, -0.2) is 8.42 Å². The number of carbonyl (C=O) groups excluding carboxylic acids is 1. The lowest BCUT2D eigenvalue weighted by molar-refractivity contribution is -0.385. The van der Waals surface area contributed by atoms with Crippen LogP contribution in [0.4, 0.5) is 17.1 Å². The van der Waals surface area contributed by atoms with Gasteiger partial charge in [-0.05, 0) is 50.2 Å². The minimum absolute atomic E-state index is 0.0269. The normalized spacial score (nSPS) is 11.1. The lowest BCUT2D eigenvalue weighted by atomic mass is 10.1. The molecule has 0 radical (unpaired) electrons. The summed E-state index contributed by atoms with van der Waals surface area (Å²) < 4.78 is 27.5. The number of aryl methyl sites for hydroxylation is 1. The van der Waals surface area contributed by atoms with Crippen LogP contribution in [0.1, 0.15) is 21.5 Å². The Kier molecular flexibility index (Phi) is 6.28. The highest BCUT2D eigenvalue weighted by Crippen LogP contribution is 2.28. The molecule has 0 aliphatic rings. The maximum absolute atomic E-state index is 12.6. The Morgan fingerprint density at radius 1 is 1.00 bits per heavy atom. The average Bonchev–Trinajstić information content (AvgIpc) is 2.71. The molecule has 0 aliphatic carbocycles. The highest BCUT2D eigenvalue weighted by atomic mass is 35.5. The van der Waals surface area contributed by atoms with E-state index < -0.39 is 20.9 Å². The molecule has 160 valence electrons. The fourth-order valence-corrected chi connectivity index (χ4v) is 4.17. The van der Waals surface area contributed by atoms with E-state index in [0.717, 1.165) is 5.56 Å². The SMILES string of the molecule is Cc1ccc(S(=O)(=O)Nc2ccc(C(=O)Nc3cccc([N+](=O)[O-])c3C)cc2Cl)cc1. The molecular weight excluding hydrogens is 442 g/mol. The molecule has 3 aromatic carbocycles. The Balaban J connectivity index is 1.81. The number of carbonyl (C=O) groups is 1. The maximum Gasteiger partial charge on any atom is 0.274 e. The number of sulfonamides is 1. The summed E-state index contributed by atoms with van der Waals surface area (Å²) in [6, 6.07) is 14.8. The largest absolute Gasteiger partial charge is 0.321 e. The summed E-state index contributed by atoms with van der Waals surface area (Å²) in [5.41, 5.74) is 1.69. The summed E-state index contributed by atoms with van der Waals surface area (Å²) in [6.45, 7) is 3.38. The molecule has 0 saturated heterocycles. The van der Waals surface area contributed by atoms with Crippen LogP contribution in [0, 0.1) is 24.0 Å². The fraction of sp³-hybridized carbons (Fsp3) is 0.0952. The first kappa shape index (κ1) is 22.3. The molecular formula is C21H18ClN3O5S. The molecule has 0 bridgehead atoms. The zero-order valence-electron chi connectivity index (χ0n) is 16.5. The van der Waals surface area contributed by atoms with Crippen molar-refractivity contribution in [2.24, 2.45) is 0 Å². The number of amides is 1. The predicted octanol–water partition coefficient (Wildman–Crippen LogP) is 4.92. The average molecular weight is 460 g/mol. The van der Waals surface area contributed by atoms with Crippen molar-refractivity contribution in [2.45, 2.75) is 18.7 Å². The maximum atomic E-state index is 12.6. The zero-order chi connectivity index (χ0) is 22.8. The fourth-order valence-electron chi connectivity index (χ4n) is 2.81. The molecule has 0 aromatic heterocycles. The van der Waals surface area contributed by atoms with Crippen molar-refractivity contribution < 1.29 is 18.1 Å². The van der Waals surface area contributed by atoms with E-state index in [-0.39, 0.29) is 26.9 Å². The Morgan fingerprint density at radius 3 is 2.29 bits per heavy atom. The second-order valence-corrected chi connectivity index (χ2v) is 8.86. The first-order valence-electron chi connectivity index (χ1n) is 9.03. The number of nitrogens with zero attached hydrogens (tertiary/aromatic N) is 1. The van der Waals surface area contributed by atoms with Crippen LogP contribution in [0.2, 0.25) is 5.02 Å². The number of hydrogen-bond acceptors (Lipinski definition) is 5. The van der Waals surface area contributed by atoms with E-state index in [1.54, 1.807) is 18.2 Å².